The predicted octanol–water partition coefficient (Wildman–Crippen LogP) is 3.14. The summed E-state index contributed by atoms with van der Waals surface area (Å²) in [4.78, 5) is 37.1. The molecule has 0 aliphatic rings. The van der Waals surface area contributed by atoms with Gasteiger partial charge in [0.15, 0.2) is 6.61 Å². The molecule has 9 heteroatoms. The van der Waals surface area contributed by atoms with E-state index in [2.05, 4.69) is 0 Å². The first kappa shape index (κ1) is 21.2. The molecule has 0 atom stereocenters. The Balaban J connectivity index is 2.04. The Hall–Kier alpha value is -3.07. The topological polar surface area (TPSA) is 99.0 Å². The summed E-state index contributed by atoms with van der Waals surface area (Å²) in [6.07, 6.45) is 1.78. The molecule has 0 fully saturated rings. The molecule has 0 aliphatic carbocycles. The van der Waals surface area contributed by atoms with Crippen LogP contribution < -0.4 is 4.74 Å². The zero-order chi connectivity index (χ0) is 20.7. The lowest BCUT2D eigenvalue weighted by molar-refractivity contribution is -0.385. The smallest absolute Gasteiger partial charge is 0.345 e. The van der Waals surface area contributed by atoms with Crippen LogP contribution >= 0.6 is 11.8 Å². The molecule has 148 valence electrons. The fourth-order valence-electron chi connectivity index (χ4n) is 2.46. The molecule has 0 N–H and O–H groups in total. The highest BCUT2D eigenvalue weighted by atomic mass is 32.2. The van der Waals surface area contributed by atoms with Crippen molar-refractivity contribution in [1.29, 1.82) is 0 Å². The monoisotopic (exact) mass is 404 g/mol. The van der Waals surface area contributed by atoms with Crippen molar-refractivity contribution in [2.75, 3.05) is 27.0 Å². The molecule has 0 saturated carbocycles. The number of nitro groups is 1. The van der Waals surface area contributed by atoms with E-state index in [1.807, 2.05) is 18.2 Å². The van der Waals surface area contributed by atoms with Gasteiger partial charge in [-0.1, -0.05) is 18.2 Å². The maximum Gasteiger partial charge on any atom is 0.345 e. The molecule has 0 aromatic heterocycles. The van der Waals surface area contributed by atoms with Gasteiger partial charge >= 0.3 is 5.97 Å². The van der Waals surface area contributed by atoms with Crippen LogP contribution in [-0.4, -0.2) is 48.7 Å². The second kappa shape index (κ2) is 9.75. The van der Waals surface area contributed by atoms with Crippen LogP contribution in [0.5, 0.6) is 5.75 Å². The van der Waals surface area contributed by atoms with E-state index in [1.54, 1.807) is 25.4 Å². The SMILES string of the molecule is COc1ccccc1CN(C)C(=O)COC(=O)c1cc(SC)ccc1[N+](=O)[O-]. The molecule has 0 aliphatic heterocycles. The minimum atomic E-state index is -0.915. The van der Waals surface area contributed by atoms with Crippen LogP contribution in [0.4, 0.5) is 5.69 Å². The van der Waals surface area contributed by atoms with Gasteiger partial charge in [0.25, 0.3) is 11.6 Å². The Morgan fingerprint density at radius 3 is 2.57 bits per heavy atom. The molecule has 1 amide bonds. The van der Waals surface area contributed by atoms with E-state index in [0.29, 0.717) is 10.6 Å². The predicted molar refractivity (Wildman–Crippen MR) is 105 cm³/mol. The number of carbonyl (C=O) groups is 2. The lowest BCUT2D eigenvalue weighted by Gasteiger charge is -2.18. The van der Waals surface area contributed by atoms with Crippen molar-refractivity contribution in [2.24, 2.45) is 0 Å². The van der Waals surface area contributed by atoms with Gasteiger partial charge in [-0.2, -0.15) is 0 Å². The Morgan fingerprint density at radius 2 is 1.93 bits per heavy atom. The molecule has 2 aromatic rings. The second-order valence-electron chi connectivity index (χ2n) is 5.78. The molecule has 2 aromatic carbocycles. The summed E-state index contributed by atoms with van der Waals surface area (Å²) >= 11 is 1.34. The van der Waals surface area contributed by atoms with Crippen molar-refractivity contribution in [1.82, 2.24) is 4.90 Å². The molecule has 0 bridgehead atoms. The highest BCUT2D eigenvalue weighted by Gasteiger charge is 2.23. The Labute approximate surface area is 166 Å². The van der Waals surface area contributed by atoms with E-state index >= 15 is 0 Å². The number of benzene rings is 2. The first-order chi connectivity index (χ1) is 13.4. The molecular formula is C19H20N2O6S. The first-order valence-electron chi connectivity index (χ1n) is 8.22. The zero-order valence-corrected chi connectivity index (χ0v) is 16.5. The third-order valence-electron chi connectivity index (χ3n) is 3.97. The number of thioether (sulfide) groups is 1. The maximum atomic E-state index is 12.3. The van der Waals surface area contributed by atoms with Crippen molar-refractivity contribution < 1.29 is 24.0 Å². The van der Waals surface area contributed by atoms with Gasteiger partial charge in [-0.25, -0.2) is 4.79 Å². The molecule has 0 heterocycles. The minimum absolute atomic E-state index is 0.183. The third-order valence-corrected chi connectivity index (χ3v) is 4.70. The number of nitro benzene ring substituents is 1. The number of amides is 1. The number of likely N-dealkylation sites (N-methyl/N-ethyl adjacent to an activating group) is 1. The van der Waals surface area contributed by atoms with Gasteiger partial charge in [-0.05, 0) is 24.5 Å². The standard InChI is InChI=1S/C19H20N2O6S/c1-20(11-13-6-4-5-7-17(13)26-2)18(22)12-27-19(23)15-10-14(28-3)8-9-16(15)21(24)25/h4-10H,11-12H2,1-3H3. The van der Waals surface area contributed by atoms with Crippen LogP contribution in [-0.2, 0) is 16.1 Å². The van der Waals surface area contributed by atoms with Crippen LogP contribution in [0.1, 0.15) is 15.9 Å². The summed E-state index contributed by atoms with van der Waals surface area (Å²) in [6.45, 7) is -0.256. The van der Waals surface area contributed by atoms with E-state index in [-0.39, 0.29) is 17.8 Å². The van der Waals surface area contributed by atoms with Gasteiger partial charge in [-0.15, -0.1) is 11.8 Å². The Bertz CT molecular complexity index is 886. The number of ether oxygens (including phenoxy) is 2. The van der Waals surface area contributed by atoms with E-state index in [4.69, 9.17) is 9.47 Å². The molecule has 2 rings (SSSR count). The van der Waals surface area contributed by atoms with Crippen molar-refractivity contribution in [3.63, 3.8) is 0 Å². The molecule has 0 radical (unpaired) electrons. The van der Waals surface area contributed by atoms with E-state index in [0.717, 1.165) is 5.56 Å². The highest BCUT2D eigenvalue weighted by Crippen LogP contribution is 2.25. The summed E-state index contributed by atoms with van der Waals surface area (Å²) in [5, 5.41) is 11.1. The second-order valence-corrected chi connectivity index (χ2v) is 6.66. The van der Waals surface area contributed by atoms with Gasteiger partial charge in [-0.3, -0.25) is 14.9 Å². The number of nitrogens with zero attached hydrogens (tertiary/aromatic N) is 2. The lowest BCUT2D eigenvalue weighted by Crippen LogP contribution is -2.31. The van der Waals surface area contributed by atoms with Crippen molar-refractivity contribution in [2.45, 2.75) is 11.4 Å². The van der Waals surface area contributed by atoms with Crippen LogP contribution in [0, 0.1) is 10.1 Å². The molecule has 8 nitrogen and oxygen atoms in total. The van der Waals surface area contributed by atoms with Gasteiger partial charge < -0.3 is 14.4 Å². The molecule has 0 spiro atoms. The summed E-state index contributed by atoms with van der Waals surface area (Å²) in [5.41, 5.74) is 0.255. The molecular weight excluding hydrogens is 384 g/mol. The number of methoxy groups -OCH3 is 1. The first-order valence-corrected chi connectivity index (χ1v) is 9.45. The number of hydrogen-bond donors (Lipinski definition) is 0. The van der Waals surface area contributed by atoms with Crippen molar-refractivity contribution in [3.05, 3.63) is 63.7 Å². The van der Waals surface area contributed by atoms with Crippen LogP contribution in [0.2, 0.25) is 0 Å². The van der Waals surface area contributed by atoms with Gasteiger partial charge in [0, 0.05) is 30.1 Å². The lowest BCUT2D eigenvalue weighted by atomic mass is 10.2. The minimum Gasteiger partial charge on any atom is -0.496 e. The zero-order valence-electron chi connectivity index (χ0n) is 15.7. The summed E-state index contributed by atoms with van der Waals surface area (Å²) in [6, 6.07) is 11.4. The molecule has 0 saturated heterocycles. The van der Waals surface area contributed by atoms with E-state index < -0.39 is 23.4 Å². The fourth-order valence-corrected chi connectivity index (χ4v) is 2.90. The summed E-state index contributed by atoms with van der Waals surface area (Å²) < 4.78 is 10.3. The van der Waals surface area contributed by atoms with E-state index in [1.165, 1.54) is 35.9 Å². The number of esters is 1. The van der Waals surface area contributed by atoms with Gasteiger partial charge in [0.05, 0.1) is 12.0 Å². The van der Waals surface area contributed by atoms with Crippen LogP contribution in [0.3, 0.4) is 0 Å². The van der Waals surface area contributed by atoms with Crippen molar-refractivity contribution >= 4 is 29.3 Å². The molecule has 0 unspecified atom stereocenters. The molecule has 28 heavy (non-hydrogen) atoms. The third kappa shape index (κ3) is 5.23. The largest absolute Gasteiger partial charge is 0.496 e. The number of carbonyl (C=O) groups excluding carboxylic acids is 2. The number of rotatable bonds is 8. The van der Waals surface area contributed by atoms with E-state index in [9.17, 15) is 19.7 Å². The van der Waals surface area contributed by atoms with Crippen molar-refractivity contribution in [3.8, 4) is 5.75 Å². The average Bonchev–Trinajstić information content (AvgIpc) is 2.71. The normalized spacial score (nSPS) is 10.2. The average molecular weight is 404 g/mol. The maximum absolute atomic E-state index is 12.3. The number of hydrogen-bond acceptors (Lipinski definition) is 7. The fraction of sp³-hybridized carbons (Fsp3) is 0.263. The highest BCUT2D eigenvalue weighted by molar-refractivity contribution is 7.98. The quantitative estimate of drug-likeness (QED) is 0.288. The Kier molecular flexibility index (Phi) is 7.39. The number of para-hydroxylation sites is 1. The van der Waals surface area contributed by atoms with Crippen LogP contribution in [0.25, 0.3) is 0 Å². The Morgan fingerprint density at radius 1 is 1.21 bits per heavy atom. The summed E-state index contributed by atoms with van der Waals surface area (Å²) in [5.74, 6) is -0.715. The summed E-state index contributed by atoms with van der Waals surface area (Å²) in [7, 11) is 3.11. The van der Waals surface area contributed by atoms with Gasteiger partial charge in [0.1, 0.15) is 11.3 Å². The van der Waals surface area contributed by atoms with Crippen LogP contribution in [0.15, 0.2) is 47.4 Å². The van der Waals surface area contributed by atoms with Gasteiger partial charge in [0.2, 0.25) is 0 Å².